The number of carbonyl (C=O) groups is 2. The van der Waals surface area contributed by atoms with E-state index in [0.29, 0.717) is 18.7 Å². The summed E-state index contributed by atoms with van der Waals surface area (Å²) in [5, 5.41) is 8.79. The zero-order valence-corrected chi connectivity index (χ0v) is 12.5. The molecule has 1 N–H and O–H groups in total. The molecule has 2 rings (SSSR count). The quantitative estimate of drug-likeness (QED) is 0.903. The maximum atomic E-state index is 13.7. The molecule has 1 aromatic carbocycles. The number of aliphatic carboxylic acids is 1. The van der Waals surface area contributed by atoms with Gasteiger partial charge in [-0.25, -0.2) is 4.39 Å². The normalized spacial score (nSPS) is 19.7. The van der Waals surface area contributed by atoms with Crippen molar-refractivity contribution in [1.82, 2.24) is 4.90 Å². The predicted octanol–water partition coefficient (Wildman–Crippen LogP) is 2.02. The molecule has 0 aliphatic carbocycles. The molecule has 1 fully saturated rings. The van der Waals surface area contributed by atoms with Gasteiger partial charge in [0.15, 0.2) is 0 Å². The number of hydrogen-bond donors (Lipinski definition) is 1. The van der Waals surface area contributed by atoms with Crippen molar-refractivity contribution in [3.05, 3.63) is 35.6 Å². The van der Waals surface area contributed by atoms with Crippen LogP contribution in [0.25, 0.3) is 0 Å². The standard InChI is InChI=1S/C16H20FNO4/c1-11(13-4-2-3-5-14(13)17)8-15(19)18-6-7-22-12(10-18)9-16(20)21/h2-5,11-12H,6-10H2,1H3,(H,20,21)/t11-,12+/m1/s1. The van der Waals surface area contributed by atoms with E-state index in [1.807, 2.05) is 6.92 Å². The largest absolute Gasteiger partial charge is 0.481 e. The number of carboxylic acid groups (broad SMARTS) is 1. The first kappa shape index (κ1) is 16.4. The molecule has 0 aromatic heterocycles. The van der Waals surface area contributed by atoms with Gasteiger partial charge >= 0.3 is 5.97 Å². The topological polar surface area (TPSA) is 66.8 Å². The molecule has 0 bridgehead atoms. The Balaban J connectivity index is 1.94. The first-order valence-electron chi connectivity index (χ1n) is 7.33. The minimum absolute atomic E-state index is 0.102. The van der Waals surface area contributed by atoms with Gasteiger partial charge in [0.05, 0.1) is 19.1 Å². The van der Waals surface area contributed by atoms with Crippen LogP contribution in [0.3, 0.4) is 0 Å². The zero-order chi connectivity index (χ0) is 16.1. The molecule has 1 heterocycles. The number of amides is 1. The van der Waals surface area contributed by atoms with Gasteiger partial charge in [-0.3, -0.25) is 9.59 Å². The fourth-order valence-corrected chi connectivity index (χ4v) is 2.64. The number of benzene rings is 1. The molecular formula is C16H20FNO4. The summed E-state index contributed by atoms with van der Waals surface area (Å²) in [6.45, 7) is 2.86. The summed E-state index contributed by atoms with van der Waals surface area (Å²) in [6.07, 6.45) is -0.396. The fourth-order valence-electron chi connectivity index (χ4n) is 2.64. The second-order valence-electron chi connectivity index (χ2n) is 5.56. The number of carbonyl (C=O) groups excluding carboxylic acids is 1. The highest BCUT2D eigenvalue weighted by molar-refractivity contribution is 5.77. The average molecular weight is 309 g/mol. The minimum atomic E-state index is -0.945. The molecule has 120 valence electrons. The van der Waals surface area contributed by atoms with E-state index in [2.05, 4.69) is 0 Å². The summed E-state index contributed by atoms with van der Waals surface area (Å²) in [6, 6.07) is 6.43. The lowest BCUT2D eigenvalue weighted by atomic mass is 9.96. The molecule has 1 amide bonds. The van der Waals surface area contributed by atoms with Crippen LogP contribution in [-0.2, 0) is 14.3 Å². The van der Waals surface area contributed by atoms with Crippen LogP contribution in [0.1, 0.15) is 31.2 Å². The highest BCUT2D eigenvalue weighted by atomic mass is 19.1. The third-order valence-electron chi connectivity index (χ3n) is 3.81. The Hall–Kier alpha value is -1.95. The van der Waals surface area contributed by atoms with Crippen molar-refractivity contribution >= 4 is 11.9 Å². The Labute approximate surface area is 128 Å². The second kappa shape index (κ2) is 7.35. The number of halogens is 1. The number of rotatable bonds is 5. The molecule has 22 heavy (non-hydrogen) atoms. The Morgan fingerprint density at radius 2 is 2.18 bits per heavy atom. The molecule has 1 aliphatic rings. The highest BCUT2D eigenvalue weighted by Crippen LogP contribution is 2.23. The summed E-state index contributed by atoms with van der Waals surface area (Å²) in [5.74, 6) is -1.59. The van der Waals surface area contributed by atoms with Crippen LogP contribution in [0.5, 0.6) is 0 Å². The van der Waals surface area contributed by atoms with Crippen LogP contribution < -0.4 is 0 Å². The van der Waals surface area contributed by atoms with Crippen molar-refractivity contribution in [1.29, 1.82) is 0 Å². The van der Waals surface area contributed by atoms with Crippen molar-refractivity contribution in [3.63, 3.8) is 0 Å². The van der Waals surface area contributed by atoms with E-state index >= 15 is 0 Å². The summed E-state index contributed by atoms with van der Waals surface area (Å²) in [4.78, 5) is 24.6. The van der Waals surface area contributed by atoms with Crippen LogP contribution in [0, 0.1) is 5.82 Å². The molecule has 1 aliphatic heterocycles. The van der Waals surface area contributed by atoms with Gasteiger partial charge in [-0.1, -0.05) is 25.1 Å². The van der Waals surface area contributed by atoms with Crippen molar-refractivity contribution in [2.24, 2.45) is 0 Å². The lowest BCUT2D eigenvalue weighted by Gasteiger charge is -2.33. The highest BCUT2D eigenvalue weighted by Gasteiger charge is 2.27. The van der Waals surface area contributed by atoms with Gasteiger partial charge in [-0.05, 0) is 17.5 Å². The van der Waals surface area contributed by atoms with Crippen LogP contribution >= 0.6 is 0 Å². The van der Waals surface area contributed by atoms with E-state index in [1.165, 1.54) is 6.07 Å². The van der Waals surface area contributed by atoms with E-state index in [0.717, 1.165) is 0 Å². The van der Waals surface area contributed by atoms with Crippen molar-refractivity contribution in [2.75, 3.05) is 19.7 Å². The van der Waals surface area contributed by atoms with Gasteiger partial charge in [0, 0.05) is 19.5 Å². The Kier molecular flexibility index (Phi) is 5.49. The Bertz CT molecular complexity index is 549. The maximum Gasteiger partial charge on any atom is 0.306 e. The van der Waals surface area contributed by atoms with Crippen LogP contribution in [0.15, 0.2) is 24.3 Å². The van der Waals surface area contributed by atoms with E-state index < -0.39 is 12.1 Å². The third kappa shape index (κ3) is 4.27. The van der Waals surface area contributed by atoms with Gasteiger partial charge in [0.1, 0.15) is 5.82 Å². The van der Waals surface area contributed by atoms with Gasteiger partial charge in [0.2, 0.25) is 5.91 Å². The molecule has 0 unspecified atom stereocenters. The molecule has 0 radical (unpaired) electrons. The smallest absolute Gasteiger partial charge is 0.306 e. The fraction of sp³-hybridized carbons (Fsp3) is 0.500. The van der Waals surface area contributed by atoms with Crippen LogP contribution in [0.4, 0.5) is 4.39 Å². The lowest BCUT2D eigenvalue weighted by Crippen LogP contribution is -2.46. The zero-order valence-electron chi connectivity index (χ0n) is 12.5. The molecule has 2 atom stereocenters. The minimum Gasteiger partial charge on any atom is -0.481 e. The van der Waals surface area contributed by atoms with Crippen molar-refractivity contribution < 1.29 is 23.8 Å². The van der Waals surface area contributed by atoms with Crippen molar-refractivity contribution in [2.45, 2.75) is 31.8 Å². The molecule has 5 nitrogen and oxygen atoms in total. The summed E-state index contributed by atoms with van der Waals surface area (Å²) in [7, 11) is 0. The lowest BCUT2D eigenvalue weighted by molar-refractivity contribution is -0.147. The van der Waals surface area contributed by atoms with E-state index in [1.54, 1.807) is 23.1 Å². The number of hydrogen-bond acceptors (Lipinski definition) is 3. The van der Waals surface area contributed by atoms with Gasteiger partial charge < -0.3 is 14.7 Å². The molecule has 1 saturated heterocycles. The van der Waals surface area contributed by atoms with Gasteiger partial charge in [-0.2, -0.15) is 0 Å². The van der Waals surface area contributed by atoms with E-state index in [9.17, 15) is 14.0 Å². The van der Waals surface area contributed by atoms with Gasteiger partial charge in [0.25, 0.3) is 0 Å². The van der Waals surface area contributed by atoms with E-state index in [4.69, 9.17) is 9.84 Å². The first-order chi connectivity index (χ1) is 10.5. The van der Waals surface area contributed by atoms with Crippen molar-refractivity contribution in [3.8, 4) is 0 Å². The molecule has 6 heteroatoms. The predicted molar refractivity (Wildman–Crippen MR) is 78.0 cm³/mol. The van der Waals surface area contributed by atoms with Gasteiger partial charge in [-0.15, -0.1) is 0 Å². The average Bonchev–Trinajstić information content (AvgIpc) is 2.47. The molecule has 0 spiro atoms. The first-order valence-corrected chi connectivity index (χ1v) is 7.33. The molecule has 0 saturated carbocycles. The summed E-state index contributed by atoms with van der Waals surface area (Å²) >= 11 is 0. The monoisotopic (exact) mass is 309 g/mol. The SMILES string of the molecule is C[C@H](CC(=O)N1CCO[C@@H](CC(=O)O)C1)c1ccccc1F. The number of carboxylic acids is 1. The number of morpholine rings is 1. The summed E-state index contributed by atoms with van der Waals surface area (Å²) in [5.41, 5.74) is 0.520. The number of nitrogens with zero attached hydrogens (tertiary/aromatic N) is 1. The van der Waals surface area contributed by atoms with E-state index in [-0.39, 0.29) is 37.0 Å². The van der Waals surface area contributed by atoms with Crippen LogP contribution in [0.2, 0.25) is 0 Å². The second-order valence-corrected chi connectivity index (χ2v) is 5.56. The Morgan fingerprint density at radius 3 is 2.86 bits per heavy atom. The number of ether oxygens (including phenoxy) is 1. The Morgan fingerprint density at radius 1 is 1.45 bits per heavy atom. The molecular weight excluding hydrogens is 289 g/mol. The summed E-state index contributed by atoms with van der Waals surface area (Å²) < 4.78 is 19.1. The molecule has 1 aromatic rings. The third-order valence-corrected chi connectivity index (χ3v) is 3.81. The van der Waals surface area contributed by atoms with Crippen LogP contribution in [-0.4, -0.2) is 47.7 Å². The maximum absolute atomic E-state index is 13.7.